The van der Waals surface area contributed by atoms with Crippen molar-refractivity contribution in [2.24, 2.45) is 0 Å². The van der Waals surface area contributed by atoms with Crippen LogP contribution in [-0.2, 0) is 6.54 Å². The largest absolute Gasteiger partial charge is 0.301 e. The molecule has 3 nitrogen and oxygen atoms in total. The standard InChI is InChI=1S/C10H16ClN3S/c1-8-5-14(4-3-13(8)2)6-9-7-15-10(11)12-9/h7-8H,3-6H2,1-2H3. The predicted octanol–water partition coefficient (Wildman–Crippen LogP) is 1.93. The molecule has 0 spiro atoms. The monoisotopic (exact) mass is 245 g/mol. The topological polar surface area (TPSA) is 19.4 Å². The van der Waals surface area contributed by atoms with Crippen LogP contribution in [0, 0.1) is 0 Å². The van der Waals surface area contributed by atoms with Crippen LogP contribution in [0.1, 0.15) is 12.6 Å². The van der Waals surface area contributed by atoms with E-state index >= 15 is 0 Å². The average molecular weight is 246 g/mol. The third-order valence-corrected chi connectivity index (χ3v) is 3.98. The van der Waals surface area contributed by atoms with E-state index in [1.807, 2.05) is 5.38 Å². The summed E-state index contributed by atoms with van der Waals surface area (Å²) in [6.07, 6.45) is 0. The zero-order valence-electron chi connectivity index (χ0n) is 9.11. The molecule has 0 saturated carbocycles. The van der Waals surface area contributed by atoms with Crippen molar-refractivity contribution in [3.8, 4) is 0 Å². The number of nitrogens with zero attached hydrogens (tertiary/aromatic N) is 3. The minimum absolute atomic E-state index is 0.632. The summed E-state index contributed by atoms with van der Waals surface area (Å²) in [7, 11) is 2.18. The van der Waals surface area contributed by atoms with Gasteiger partial charge in [-0.2, -0.15) is 0 Å². The molecule has 5 heteroatoms. The number of halogens is 1. The molecule has 1 aromatic rings. The van der Waals surface area contributed by atoms with Gasteiger partial charge in [0.15, 0.2) is 4.47 Å². The van der Waals surface area contributed by atoms with Crippen LogP contribution in [0.3, 0.4) is 0 Å². The van der Waals surface area contributed by atoms with Gasteiger partial charge in [-0.1, -0.05) is 11.6 Å². The molecule has 2 rings (SSSR count). The Morgan fingerprint density at radius 3 is 3.00 bits per heavy atom. The third kappa shape index (κ3) is 2.91. The Bertz CT molecular complexity index is 328. The van der Waals surface area contributed by atoms with Crippen LogP contribution in [0.2, 0.25) is 4.47 Å². The van der Waals surface area contributed by atoms with Crippen molar-refractivity contribution in [1.29, 1.82) is 0 Å². The SMILES string of the molecule is CC1CN(Cc2csc(Cl)n2)CCN1C. The zero-order chi connectivity index (χ0) is 10.8. The minimum Gasteiger partial charge on any atom is -0.301 e. The lowest BCUT2D eigenvalue weighted by Crippen LogP contribution is -2.49. The van der Waals surface area contributed by atoms with Gasteiger partial charge in [0, 0.05) is 37.6 Å². The summed E-state index contributed by atoms with van der Waals surface area (Å²) in [5, 5.41) is 2.05. The average Bonchev–Trinajstić information content (AvgIpc) is 2.58. The quantitative estimate of drug-likeness (QED) is 0.794. The van der Waals surface area contributed by atoms with Crippen LogP contribution in [0.25, 0.3) is 0 Å². The summed E-state index contributed by atoms with van der Waals surface area (Å²) in [6, 6.07) is 0.632. The molecule has 0 radical (unpaired) electrons. The number of likely N-dealkylation sites (N-methyl/N-ethyl adjacent to an activating group) is 1. The molecular formula is C10H16ClN3S. The molecule has 1 fully saturated rings. The first-order valence-corrected chi connectivity index (χ1v) is 6.43. The molecule has 15 heavy (non-hydrogen) atoms. The third-order valence-electron chi connectivity index (χ3n) is 2.95. The first-order chi connectivity index (χ1) is 7.15. The van der Waals surface area contributed by atoms with Crippen molar-refractivity contribution in [3.63, 3.8) is 0 Å². The fraction of sp³-hybridized carbons (Fsp3) is 0.700. The first-order valence-electron chi connectivity index (χ1n) is 5.17. The van der Waals surface area contributed by atoms with Crippen molar-refractivity contribution >= 4 is 22.9 Å². The number of hydrogen-bond acceptors (Lipinski definition) is 4. The van der Waals surface area contributed by atoms with Crippen LogP contribution >= 0.6 is 22.9 Å². The lowest BCUT2D eigenvalue weighted by atomic mass is 10.2. The number of rotatable bonds is 2. The Balaban J connectivity index is 1.90. The van der Waals surface area contributed by atoms with Crippen molar-refractivity contribution in [2.45, 2.75) is 19.5 Å². The molecule has 1 aliphatic heterocycles. The van der Waals surface area contributed by atoms with E-state index in [4.69, 9.17) is 11.6 Å². The van der Waals surface area contributed by atoms with Gasteiger partial charge >= 0.3 is 0 Å². The highest BCUT2D eigenvalue weighted by Crippen LogP contribution is 2.17. The molecule has 84 valence electrons. The summed E-state index contributed by atoms with van der Waals surface area (Å²) in [5.41, 5.74) is 1.10. The Hall–Kier alpha value is -0.160. The summed E-state index contributed by atoms with van der Waals surface area (Å²) >= 11 is 7.32. The van der Waals surface area contributed by atoms with Gasteiger partial charge in [-0.25, -0.2) is 4.98 Å². The molecule has 2 heterocycles. The summed E-state index contributed by atoms with van der Waals surface area (Å²) in [4.78, 5) is 9.11. The molecule has 1 aliphatic rings. The zero-order valence-corrected chi connectivity index (χ0v) is 10.7. The number of hydrogen-bond donors (Lipinski definition) is 0. The lowest BCUT2D eigenvalue weighted by Gasteiger charge is -2.37. The minimum atomic E-state index is 0.632. The van der Waals surface area contributed by atoms with Gasteiger partial charge in [0.05, 0.1) is 5.69 Å². The van der Waals surface area contributed by atoms with E-state index in [1.165, 1.54) is 11.3 Å². The van der Waals surface area contributed by atoms with Crippen LogP contribution < -0.4 is 0 Å². The van der Waals surface area contributed by atoms with E-state index in [1.54, 1.807) is 0 Å². The Morgan fingerprint density at radius 1 is 1.60 bits per heavy atom. The molecule has 0 bridgehead atoms. The maximum absolute atomic E-state index is 5.81. The second-order valence-electron chi connectivity index (χ2n) is 4.16. The Labute approximate surface area is 99.7 Å². The van der Waals surface area contributed by atoms with Crippen LogP contribution in [0.5, 0.6) is 0 Å². The maximum Gasteiger partial charge on any atom is 0.183 e. The molecule has 0 aromatic carbocycles. The van der Waals surface area contributed by atoms with Gasteiger partial charge in [0.2, 0.25) is 0 Å². The van der Waals surface area contributed by atoms with E-state index in [0.29, 0.717) is 10.5 Å². The molecule has 0 amide bonds. The smallest absolute Gasteiger partial charge is 0.183 e. The lowest BCUT2D eigenvalue weighted by molar-refractivity contribution is 0.0992. The molecule has 1 unspecified atom stereocenters. The predicted molar refractivity (Wildman–Crippen MR) is 64.5 cm³/mol. The first kappa shape index (κ1) is 11.3. The highest BCUT2D eigenvalue weighted by molar-refractivity contribution is 7.13. The molecule has 1 aromatic heterocycles. The van der Waals surface area contributed by atoms with Gasteiger partial charge in [-0.3, -0.25) is 4.90 Å². The van der Waals surface area contributed by atoms with Crippen LogP contribution in [0.15, 0.2) is 5.38 Å². The van der Waals surface area contributed by atoms with Crippen molar-refractivity contribution in [2.75, 3.05) is 26.7 Å². The highest BCUT2D eigenvalue weighted by atomic mass is 35.5. The van der Waals surface area contributed by atoms with Crippen molar-refractivity contribution in [1.82, 2.24) is 14.8 Å². The molecular weight excluding hydrogens is 230 g/mol. The normalized spacial score (nSPS) is 24.6. The number of aromatic nitrogens is 1. The van der Waals surface area contributed by atoms with Crippen molar-refractivity contribution in [3.05, 3.63) is 15.5 Å². The number of thiazole rings is 1. The maximum atomic E-state index is 5.81. The second kappa shape index (κ2) is 4.78. The Kier molecular flexibility index (Phi) is 3.61. The van der Waals surface area contributed by atoms with E-state index < -0.39 is 0 Å². The fourth-order valence-electron chi connectivity index (χ4n) is 1.85. The van der Waals surface area contributed by atoms with Crippen molar-refractivity contribution < 1.29 is 0 Å². The highest BCUT2D eigenvalue weighted by Gasteiger charge is 2.20. The fourth-order valence-corrected chi connectivity index (χ4v) is 2.62. The van der Waals surface area contributed by atoms with Crippen LogP contribution in [0.4, 0.5) is 0 Å². The van der Waals surface area contributed by atoms with Gasteiger partial charge < -0.3 is 4.90 Å². The summed E-state index contributed by atoms with van der Waals surface area (Å²) in [6.45, 7) is 6.57. The van der Waals surface area contributed by atoms with Gasteiger partial charge in [0.1, 0.15) is 0 Å². The van der Waals surface area contributed by atoms with Gasteiger partial charge in [0.25, 0.3) is 0 Å². The van der Waals surface area contributed by atoms with E-state index in [2.05, 4.69) is 28.8 Å². The molecule has 0 aliphatic carbocycles. The van der Waals surface area contributed by atoms with E-state index in [9.17, 15) is 0 Å². The second-order valence-corrected chi connectivity index (χ2v) is 5.60. The van der Waals surface area contributed by atoms with Gasteiger partial charge in [-0.05, 0) is 14.0 Å². The van der Waals surface area contributed by atoms with Gasteiger partial charge in [-0.15, -0.1) is 11.3 Å². The summed E-state index contributed by atoms with van der Waals surface area (Å²) in [5.74, 6) is 0. The molecule has 1 atom stereocenters. The summed E-state index contributed by atoms with van der Waals surface area (Å²) < 4.78 is 0.646. The Morgan fingerprint density at radius 2 is 2.40 bits per heavy atom. The molecule has 1 saturated heterocycles. The van der Waals surface area contributed by atoms with Crippen LogP contribution in [-0.4, -0.2) is 47.5 Å². The molecule has 0 N–H and O–H groups in total. The van der Waals surface area contributed by atoms with E-state index in [-0.39, 0.29) is 0 Å². The number of piperazine rings is 1. The van der Waals surface area contributed by atoms with E-state index in [0.717, 1.165) is 31.9 Å².